The molecule has 0 bridgehead atoms. The molecule has 1 heterocycles. The van der Waals surface area contributed by atoms with Crippen molar-refractivity contribution in [2.75, 3.05) is 6.61 Å². The summed E-state index contributed by atoms with van der Waals surface area (Å²) in [5, 5.41) is 9.04. The standard InChI is InChI=1S/C12H11ClN4O2/c13-6-10-16-11-8(7-14)2-1-3-9(11)17(10)4-5-19-12(15)18/h1-3H,4-6H2,(H2,15,18). The third kappa shape index (κ3) is 2.61. The molecule has 0 aliphatic rings. The minimum absolute atomic E-state index is 0.126. The second-order valence-electron chi connectivity index (χ2n) is 3.77. The smallest absolute Gasteiger partial charge is 0.404 e. The van der Waals surface area contributed by atoms with Gasteiger partial charge in [0, 0.05) is 0 Å². The number of ether oxygens (including phenoxy) is 1. The van der Waals surface area contributed by atoms with E-state index in [0.717, 1.165) is 5.52 Å². The lowest BCUT2D eigenvalue weighted by Gasteiger charge is -2.07. The second kappa shape index (κ2) is 5.59. The van der Waals surface area contributed by atoms with Gasteiger partial charge in [-0.1, -0.05) is 6.07 Å². The summed E-state index contributed by atoms with van der Waals surface area (Å²) in [6.07, 6.45) is -0.824. The normalized spacial score (nSPS) is 10.3. The number of aromatic nitrogens is 2. The van der Waals surface area contributed by atoms with Gasteiger partial charge in [-0.05, 0) is 12.1 Å². The van der Waals surface area contributed by atoms with Gasteiger partial charge in [0.2, 0.25) is 0 Å². The van der Waals surface area contributed by atoms with Crippen LogP contribution in [0.25, 0.3) is 11.0 Å². The third-order valence-electron chi connectivity index (χ3n) is 2.66. The van der Waals surface area contributed by atoms with E-state index in [1.54, 1.807) is 12.1 Å². The zero-order valence-electron chi connectivity index (χ0n) is 9.97. The Kier molecular flexibility index (Phi) is 3.88. The second-order valence-corrected chi connectivity index (χ2v) is 4.03. The molecule has 0 radical (unpaired) electrons. The Morgan fingerprint density at radius 3 is 3.00 bits per heavy atom. The van der Waals surface area contributed by atoms with Gasteiger partial charge in [-0.15, -0.1) is 11.6 Å². The van der Waals surface area contributed by atoms with Crippen LogP contribution in [0.15, 0.2) is 18.2 Å². The monoisotopic (exact) mass is 278 g/mol. The first-order valence-corrected chi connectivity index (χ1v) is 6.07. The number of nitriles is 1. The Bertz CT molecular complexity index is 660. The highest BCUT2D eigenvalue weighted by atomic mass is 35.5. The number of imidazole rings is 1. The van der Waals surface area contributed by atoms with E-state index in [9.17, 15) is 4.79 Å². The van der Waals surface area contributed by atoms with Crippen LogP contribution in [0.4, 0.5) is 4.79 Å². The van der Waals surface area contributed by atoms with Crippen LogP contribution in [0.3, 0.4) is 0 Å². The molecule has 98 valence electrons. The van der Waals surface area contributed by atoms with Gasteiger partial charge in [0.1, 0.15) is 24.0 Å². The Balaban J connectivity index is 2.41. The van der Waals surface area contributed by atoms with Gasteiger partial charge < -0.3 is 15.0 Å². The van der Waals surface area contributed by atoms with Crippen molar-refractivity contribution in [1.29, 1.82) is 5.26 Å². The SMILES string of the molecule is N#Cc1cccc2c1nc(CCl)n2CCOC(N)=O. The van der Waals surface area contributed by atoms with Crippen LogP contribution in [0.1, 0.15) is 11.4 Å². The minimum Gasteiger partial charge on any atom is -0.448 e. The number of hydrogen-bond acceptors (Lipinski definition) is 4. The van der Waals surface area contributed by atoms with Gasteiger partial charge in [-0.3, -0.25) is 0 Å². The van der Waals surface area contributed by atoms with E-state index in [0.29, 0.717) is 23.4 Å². The van der Waals surface area contributed by atoms with E-state index < -0.39 is 6.09 Å². The van der Waals surface area contributed by atoms with Crippen molar-refractivity contribution in [1.82, 2.24) is 9.55 Å². The number of alkyl halides is 1. The summed E-state index contributed by atoms with van der Waals surface area (Å²) in [5.41, 5.74) is 6.77. The molecule has 1 aromatic heterocycles. The summed E-state index contributed by atoms with van der Waals surface area (Å²) in [6, 6.07) is 7.38. The molecule has 19 heavy (non-hydrogen) atoms. The highest BCUT2D eigenvalue weighted by Crippen LogP contribution is 2.20. The molecule has 0 unspecified atom stereocenters. The Morgan fingerprint density at radius 1 is 1.58 bits per heavy atom. The first-order valence-electron chi connectivity index (χ1n) is 5.53. The van der Waals surface area contributed by atoms with Crippen molar-refractivity contribution >= 4 is 28.7 Å². The number of amides is 1. The number of nitrogens with two attached hydrogens (primary N) is 1. The van der Waals surface area contributed by atoms with Crippen LogP contribution >= 0.6 is 11.6 Å². The summed E-state index contributed by atoms with van der Waals surface area (Å²) >= 11 is 5.84. The third-order valence-corrected chi connectivity index (χ3v) is 2.90. The van der Waals surface area contributed by atoms with Crippen LogP contribution < -0.4 is 5.73 Å². The number of halogens is 1. The van der Waals surface area contributed by atoms with Gasteiger partial charge in [0.15, 0.2) is 0 Å². The predicted octanol–water partition coefficient (Wildman–Crippen LogP) is 1.74. The number of rotatable bonds is 4. The van der Waals surface area contributed by atoms with Crippen LogP contribution in [-0.4, -0.2) is 22.3 Å². The highest BCUT2D eigenvalue weighted by molar-refractivity contribution is 6.16. The minimum atomic E-state index is -0.824. The molecule has 0 fully saturated rings. The fraction of sp³-hybridized carbons (Fsp3) is 0.250. The lowest BCUT2D eigenvalue weighted by molar-refractivity contribution is 0.152. The predicted molar refractivity (Wildman–Crippen MR) is 69.5 cm³/mol. The molecule has 2 N–H and O–H groups in total. The van der Waals surface area contributed by atoms with Crippen molar-refractivity contribution in [3.05, 3.63) is 29.6 Å². The molecule has 7 heteroatoms. The van der Waals surface area contributed by atoms with E-state index in [1.807, 2.05) is 10.6 Å². The number of fused-ring (bicyclic) bond motifs is 1. The molecule has 6 nitrogen and oxygen atoms in total. The fourth-order valence-electron chi connectivity index (χ4n) is 1.87. The summed E-state index contributed by atoms with van der Waals surface area (Å²) in [4.78, 5) is 14.9. The molecule has 2 aromatic rings. The first-order chi connectivity index (χ1) is 9.17. The highest BCUT2D eigenvalue weighted by Gasteiger charge is 2.12. The molecular formula is C12H11ClN4O2. The number of hydrogen-bond donors (Lipinski definition) is 1. The van der Waals surface area contributed by atoms with Crippen molar-refractivity contribution in [3.63, 3.8) is 0 Å². The lowest BCUT2D eigenvalue weighted by Crippen LogP contribution is -2.17. The molecule has 1 amide bonds. The molecule has 1 aromatic carbocycles. The van der Waals surface area contributed by atoms with Gasteiger partial charge in [0.05, 0.1) is 23.5 Å². The van der Waals surface area contributed by atoms with Gasteiger partial charge in [0.25, 0.3) is 0 Å². The topological polar surface area (TPSA) is 93.9 Å². The van der Waals surface area contributed by atoms with E-state index in [4.69, 9.17) is 27.3 Å². The van der Waals surface area contributed by atoms with E-state index in [2.05, 4.69) is 11.1 Å². The molecule has 0 aliphatic carbocycles. The van der Waals surface area contributed by atoms with Crippen molar-refractivity contribution in [3.8, 4) is 6.07 Å². The van der Waals surface area contributed by atoms with Crippen LogP contribution in [0.2, 0.25) is 0 Å². The van der Waals surface area contributed by atoms with Crippen LogP contribution in [-0.2, 0) is 17.2 Å². The molecule has 0 spiro atoms. The average Bonchev–Trinajstić information content (AvgIpc) is 2.76. The number of carbonyl (C=O) groups is 1. The molecule has 0 saturated heterocycles. The largest absolute Gasteiger partial charge is 0.448 e. The van der Waals surface area contributed by atoms with E-state index in [-0.39, 0.29) is 12.5 Å². The number of benzene rings is 1. The molecule has 0 aliphatic heterocycles. The summed E-state index contributed by atoms with van der Waals surface area (Å²) in [7, 11) is 0. The zero-order valence-corrected chi connectivity index (χ0v) is 10.7. The van der Waals surface area contributed by atoms with Crippen molar-refractivity contribution in [2.45, 2.75) is 12.4 Å². The molecule has 2 rings (SSSR count). The Morgan fingerprint density at radius 2 is 2.37 bits per heavy atom. The summed E-state index contributed by atoms with van der Waals surface area (Å²) in [6.45, 7) is 0.512. The van der Waals surface area contributed by atoms with E-state index >= 15 is 0 Å². The van der Waals surface area contributed by atoms with Gasteiger partial charge in [-0.2, -0.15) is 5.26 Å². The maximum Gasteiger partial charge on any atom is 0.404 e. The first kappa shape index (κ1) is 13.2. The maximum absolute atomic E-state index is 10.6. The maximum atomic E-state index is 10.6. The zero-order chi connectivity index (χ0) is 13.8. The summed E-state index contributed by atoms with van der Waals surface area (Å²) < 4.78 is 6.51. The lowest BCUT2D eigenvalue weighted by atomic mass is 10.2. The van der Waals surface area contributed by atoms with Crippen molar-refractivity contribution in [2.24, 2.45) is 5.73 Å². The molecular weight excluding hydrogens is 268 g/mol. The van der Waals surface area contributed by atoms with E-state index in [1.165, 1.54) is 0 Å². The Hall–Kier alpha value is -2.26. The number of para-hydroxylation sites is 1. The number of nitrogens with zero attached hydrogens (tertiary/aromatic N) is 3. The van der Waals surface area contributed by atoms with Gasteiger partial charge in [-0.25, -0.2) is 9.78 Å². The Labute approximate surface area is 114 Å². The van der Waals surface area contributed by atoms with Gasteiger partial charge >= 0.3 is 6.09 Å². The average molecular weight is 279 g/mol. The fourth-order valence-corrected chi connectivity index (χ4v) is 2.08. The molecule has 0 saturated carbocycles. The van der Waals surface area contributed by atoms with Crippen molar-refractivity contribution < 1.29 is 9.53 Å². The van der Waals surface area contributed by atoms with Crippen LogP contribution in [0.5, 0.6) is 0 Å². The summed E-state index contributed by atoms with van der Waals surface area (Å²) in [5.74, 6) is 0.822. The van der Waals surface area contributed by atoms with Crippen LogP contribution in [0, 0.1) is 11.3 Å². The number of primary amides is 1. The number of carbonyl (C=O) groups excluding carboxylic acids is 1. The quantitative estimate of drug-likeness (QED) is 0.862. The molecule has 0 atom stereocenters.